The van der Waals surface area contributed by atoms with Crippen LogP contribution in [0.15, 0.2) is 195 Å². The van der Waals surface area contributed by atoms with Gasteiger partial charge in [-0.2, -0.15) is 0 Å². The summed E-state index contributed by atoms with van der Waals surface area (Å²) < 4.78 is 18.8. The molecule has 0 fully saturated rings. The van der Waals surface area contributed by atoms with E-state index in [2.05, 4.69) is 132 Å². The molecule has 0 saturated heterocycles. The van der Waals surface area contributed by atoms with Crippen molar-refractivity contribution in [2.24, 2.45) is 0 Å². The van der Waals surface area contributed by atoms with Crippen LogP contribution in [0.3, 0.4) is 0 Å². The molecule has 0 aliphatic heterocycles. The molecule has 0 aliphatic rings. The molecule has 0 radical (unpaired) electrons. The maximum atomic E-state index is 6.37. The lowest BCUT2D eigenvalue weighted by molar-refractivity contribution is 0.617. The highest BCUT2D eigenvalue weighted by Crippen LogP contribution is 2.43. The van der Waals surface area contributed by atoms with Gasteiger partial charge >= 0.3 is 0 Å². The second-order valence-corrected chi connectivity index (χ2v) is 13.6. The molecular formula is C49H30N2O3. The molecule has 11 aromatic rings. The third kappa shape index (κ3) is 4.98. The Morgan fingerprint density at radius 1 is 0.352 bits per heavy atom. The van der Waals surface area contributed by atoms with E-state index in [1.54, 1.807) is 0 Å². The third-order valence-electron chi connectivity index (χ3n) is 10.3. The van der Waals surface area contributed by atoms with E-state index in [0.717, 1.165) is 94.3 Å². The Bertz CT molecular complexity index is 3160. The molecule has 254 valence electrons. The van der Waals surface area contributed by atoms with E-state index in [-0.39, 0.29) is 0 Å². The highest BCUT2D eigenvalue weighted by Gasteiger charge is 2.20. The van der Waals surface area contributed by atoms with Gasteiger partial charge in [0.2, 0.25) is 5.89 Å². The Morgan fingerprint density at radius 3 is 1.81 bits per heavy atom. The number of rotatable bonds is 6. The van der Waals surface area contributed by atoms with E-state index in [1.165, 1.54) is 0 Å². The van der Waals surface area contributed by atoms with Crippen LogP contribution in [0, 0.1) is 0 Å². The van der Waals surface area contributed by atoms with Crippen molar-refractivity contribution in [2.75, 3.05) is 4.90 Å². The maximum absolute atomic E-state index is 6.37. The molecule has 0 aliphatic carbocycles. The number of oxazole rings is 1. The monoisotopic (exact) mass is 694 g/mol. The van der Waals surface area contributed by atoms with Crippen molar-refractivity contribution in [2.45, 2.75) is 0 Å². The van der Waals surface area contributed by atoms with E-state index in [9.17, 15) is 0 Å². The van der Waals surface area contributed by atoms with Crippen LogP contribution in [-0.4, -0.2) is 4.98 Å². The summed E-state index contributed by atoms with van der Waals surface area (Å²) in [5.41, 5.74) is 13.4. The molecule has 5 heteroatoms. The first kappa shape index (κ1) is 30.3. The Labute approximate surface area is 309 Å². The van der Waals surface area contributed by atoms with Crippen LogP contribution >= 0.6 is 0 Å². The highest BCUT2D eigenvalue weighted by molar-refractivity contribution is 6.10. The first-order valence-electron chi connectivity index (χ1n) is 18.0. The molecular weight excluding hydrogens is 665 g/mol. The van der Waals surface area contributed by atoms with Crippen LogP contribution in [0.1, 0.15) is 0 Å². The van der Waals surface area contributed by atoms with E-state index in [0.29, 0.717) is 11.5 Å². The van der Waals surface area contributed by atoms with E-state index in [1.807, 2.05) is 54.6 Å². The maximum Gasteiger partial charge on any atom is 0.227 e. The normalized spacial score (nSPS) is 11.7. The molecule has 0 saturated carbocycles. The fourth-order valence-corrected chi connectivity index (χ4v) is 7.70. The van der Waals surface area contributed by atoms with E-state index >= 15 is 0 Å². The number of hydrogen-bond acceptors (Lipinski definition) is 5. The van der Waals surface area contributed by atoms with Gasteiger partial charge in [0.05, 0.1) is 5.69 Å². The van der Waals surface area contributed by atoms with Crippen molar-refractivity contribution in [1.29, 1.82) is 0 Å². The molecule has 3 heterocycles. The van der Waals surface area contributed by atoms with Gasteiger partial charge in [0.25, 0.3) is 0 Å². The summed E-state index contributed by atoms with van der Waals surface area (Å²) in [6.07, 6.45) is 0. The minimum absolute atomic E-state index is 0.598. The standard InChI is InChI=1S/C49H30N2O3/c1-3-11-32(12-4-1)37-15-7-9-17-43(37)51(36-24-25-39-38-16-8-10-18-44(38)52-46(39)28-36)35-22-19-31(20-23-35)34-21-26-45-40(27-34)41-29-42-48(30-47(41)53-45)54-49(50-42)33-13-5-2-6-14-33/h1-30H. The van der Waals surface area contributed by atoms with Gasteiger partial charge in [-0.25, -0.2) is 4.98 Å². The molecule has 3 aromatic heterocycles. The minimum atomic E-state index is 0.598. The third-order valence-corrected chi connectivity index (χ3v) is 10.3. The zero-order chi connectivity index (χ0) is 35.6. The largest absolute Gasteiger partial charge is 0.456 e. The Balaban J connectivity index is 1.01. The minimum Gasteiger partial charge on any atom is -0.456 e. The summed E-state index contributed by atoms with van der Waals surface area (Å²) in [6, 6.07) is 63.0. The molecule has 0 unspecified atom stereocenters. The number of benzene rings is 8. The van der Waals surface area contributed by atoms with E-state index < -0.39 is 0 Å². The Kier molecular flexibility index (Phi) is 6.79. The number of fused-ring (bicyclic) bond motifs is 7. The molecule has 5 nitrogen and oxygen atoms in total. The SMILES string of the molecule is c1ccc(-c2nc3cc4c(cc3o2)oc2ccc(-c3ccc(N(c5ccc6c(c5)oc5ccccc56)c5ccccc5-c5ccccc5)cc3)cc24)cc1. The van der Waals surface area contributed by atoms with E-state index in [4.69, 9.17) is 18.2 Å². The average molecular weight is 695 g/mol. The van der Waals surface area contributed by atoms with Gasteiger partial charge < -0.3 is 18.2 Å². The molecule has 11 rings (SSSR count). The van der Waals surface area contributed by atoms with Crippen molar-refractivity contribution in [1.82, 2.24) is 4.98 Å². The summed E-state index contributed by atoms with van der Waals surface area (Å²) in [5.74, 6) is 0.598. The van der Waals surface area contributed by atoms with Gasteiger partial charge in [-0.15, -0.1) is 0 Å². The van der Waals surface area contributed by atoms with Gasteiger partial charge in [0.1, 0.15) is 27.8 Å². The molecule has 0 atom stereocenters. The van der Waals surface area contributed by atoms with Gasteiger partial charge in [0.15, 0.2) is 5.58 Å². The fraction of sp³-hybridized carbons (Fsp3) is 0. The van der Waals surface area contributed by atoms with Crippen LogP contribution < -0.4 is 4.90 Å². The van der Waals surface area contributed by atoms with Crippen LogP contribution in [0.4, 0.5) is 17.1 Å². The number of furan rings is 2. The molecule has 54 heavy (non-hydrogen) atoms. The quantitative estimate of drug-likeness (QED) is 0.173. The van der Waals surface area contributed by atoms with Crippen LogP contribution in [0.2, 0.25) is 0 Å². The number of anilines is 3. The summed E-state index contributed by atoms with van der Waals surface area (Å²) in [7, 11) is 0. The average Bonchev–Trinajstić information content (AvgIpc) is 3.93. The highest BCUT2D eigenvalue weighted by atomic mass is 16.4. The Morgan fingerprint density at radius 2 is 0.981 bits per heavy atom. The van der Waals surface area contributed by atoms with Crippen LogP contribution in [0.25, 0.3) is 88.7 Å². The molecule has 8 aromatic carbocycles. The van der Waals surface area contributed by atoms with Gasteiger partial charge in [-0.3, -0.25) is 0 Å². The second kappa shape index (κ2) is 12.1. The second-order valence-electron chi connectivity index (χ2n) is 13.6. The van der Waals surface area contributed by atoms with Crippen molar-refractivity contribution in [3.63, 3.8) is 0 Å². The topological polar surface area (TPSA) is 55.6 Å². The first-order valence-corrected chi connectivity index (χ1v) is 18.0. The van der Waals surface area contributed by atoms with Crippen molar-refractivity contribution >= 4 is 72.0 Å². The summed E-state index contributed by atoms with van der Waals surface area (Å²) in [4.78, 5) is 7.13. The number of para-hydroxylation sites is 2. The predicted octanol–water partition coefficient (Wildman–Crippen LogP) is 14.1. The molecule has 0 bridgehead atoms. The van der Waals surface area contributed by atoms with Crippen LogP contribution in [-0.2, 0) is 0 Å². The molecule has 0 amide bonds. The Hall–Kier alpha value is -7.37. The van der Waals surface area contributed by atoms with Crippen LogP contribution in [0.5, 0.6) is 0 Å². The number of nitrogens with zero attached hydrogens (tertiary/aromatic N) is 2. The zero-order valence-corrected chi connectivity index (χ0v) is 28.9. The van der Waals surface area contributed by atoms with Gasteiger partial charge in [-0.05, 0) is 83.4 Å². The summed E-state index contributed by atoms with van der Waals surface area (Å²) >= 11 is 0. The van der Waals surface area contributed by atoms with Crippen molar-refractivity contribution in [3.8, 4) is 33.7 Å². The predicted molar refractivity (Wildman–Crippen MR) is 220 cm³/mol. The zero-order valence-electron chi connectivity index (χ0n) is 28.9. The fourth-order valence-electron chi connectivity index (χ4n) is 7.70. The van der Waals surface area contributed by atoms with Crippen molar-refractivity contribution in [3.05, 3.63) is 182 Å². The summed E-state index contributed by atoms with van der Waals surface area (Å²) in [5, 5.41) is 4.26. The van der Waals surface area contributed by atoms with Gasteiger partial charge in [0, 0.05) is 56.2 Å². The smallest absolute Gasteiger partial charge is 0.227 e. The van der Waals surface area contributed by atoms with Crippen molar-refractivity contribution < 1.29 is 13.3 Å². The number of hydrogen-bond donors (Lipinski definition) is 0. The van der Waals surface area contributed by atoms with Gasteiger partial charge in [-0.1, -0.05) is 103 Å². The molecule has 0 spiro atoms. The lowest BCUT2D eigenvalue weighted by Crippen LogP contribution is -2.11. The summed E-state index contributed by atoms with van der Waals surface area (Å²) in [6.45, 7) is 0. The first-order chi connectivity index (χ1) is 26.7. The molecule has 0 N–H and O–H groups in total. The number of aromatic nitrogens is 1. The lowest BCUT2D eigenvalue weighted by atomic mass is 10.00. The lowest BCUT2D eigenvalue weighted by Gasteiger charge is -2.28.